The Kier molecular flexibility index (Phi) is 5.57. The molecule has 1 aliphatic heterocycles. The Morgan fingerprint density at radius 2 is 1.97 bits per heavy atom. The van der Waals surface area contributed by atoms with Crippen LogP contribution in [-0.4, -0.2) is 44.5 Å². The molecule has 1 saturated heterocycles. The molecule has 0 spiro atoms. The third-order valence-corrected chi connectivity index (χ3v) is 6.60. The largest absolute Gasteiger partial charge is 0.467 e. The number of benzene rings is 2. The number of nitrogens with zero attached hydrogens (tertiary/aromatic N) is 4. The molecule has 9 heteroatoms. The minimum atomic E-state index is -0.291. The highest BCUT2D eigenvalue weighted by Gasteiger charge is 2.24. The molecule has 0 N–H and O–H groups in total. The number of halogens is 1. The third-order valence-electron chi connectivity index (χ3n) is 5.69. The number of rotatable bonds is 5. The first-order valence-electron chi connectivity index (χ1n) is 10.5. The van der Waals surface area contributed by atoms with Gasteiger partial charge in [-0.05, 0) is 30.3 Å². The van der Waals surface area contributed by atoms with Crippen LogP contribution in [0.4, 0.5) is 4.39 Å². The second-order valence-electron chi connectivity index (χ2n) is 7.80. The summed E-state index contributed by atoms with van der Waals surface area (Å²) in [5, 5.41) is 1.08. The van der Waals surface area contributed by atoms with Gasteiger partial charge in [0.15, 0.2) is 0 Å². The number of aryl methyl sites for hydroxylation is 1. The third kappa shape index (κ3) is 4.20. The Labute approximate surface area is 187 Å². The van der Waals surface area contributed by atoms with Crippen molar-refractivity contribution >= 4 is 38.4 Å². The van der Waals surface area contributed by atoms with Crippen LogP contribution in [0.2, 0.25) is 0 Å². The smallest absolute Gasteiger partial charge is 0.274 e. The van der Waals surface area contributed by atoms with Crippen molar-refractivity contribution in [1.82, 2.24) is 19.4 Å². The molecule has 4 aromatic rings. The Balaban J connectivity index is 1.15. The van der Waals surface area contributed by atoms with Gasteiger partial charge in [-0.1, -0.05) is 23.5 Å². The highest BCUT2D eigenvalue weighted by atomic mass is 32.1. The highest BCUT2D eigenvalue weighted by Crippen LogP contribution is 2.30. The molecular weight excluding hydrogens is 431 g/mol. The number of hydrogen-bond donors (Lipinski definition) is 0. The zero-order chi connectivity index (χ0) is 22.1. The van der Waals surface area contributed by atoms with Gasteiger partial charge in [-0.2, -0.15) is 0 Å². The predicted octanol–water partition coefficient (Wildman–Crippen LogP) is 3.61. The quantitative estimate of drug-likeness (QED) is 0.462. The summed E-state index contributed by atoms with van der Waals surface area (Å²) in [6, 6.07) is 11.7. The van der Waals surface area contributed by atoms with Crippen LogP contribution < -0.4 is 10.3 Å². The van der Waals surface area contributed by atoms with E-state index in [9.17, 15) is 14.0 Å². The van der Waals surface area contributed by atoms with E-state index in [0.29, 0.717) is 48.6 Å². The number of thiazole rings is 1. The van der Waals surface area contributed by atoms with E-state index in [1.807, 2.05) is 11.0 Å². The fourth-order valence-electron chi connectivity index (χ4n) is 3.93. The molecule has 0 aliphatic carbocycles. The lowest BCUT2D eigenvalue weighted by atomic mass is 10.1. The molecule has 0 saturated carbocycles. The van der Waals surface area contributed by atoms with Crippen molar-refractivity contribution in [2.45, 2.75) is 31.9 Å². The average Bonchev–Trinajstić information content (AvgIpc) is 3.20. The number of aromatic nitrogens is 3. The molecule has 1 fully saturated rings. The van der Waals surface area contributed by atoms with E-state index in [4.69, 9.17) is 4.74 Å². The topological polar surface area (TPSA) is 77.3 Å². The number of piperidine rings is 1. The van der Waals surface area contributed by atoms with E-state index < -0.39 is 0 Å². The Morgan fingerprint density at radius 3 is 2.81 bits per heavy atom. The van der Waals surface area contributed by atoms with Crippen molar-refractivity contribution in [3.8, 4) is 5.19 Å². The molecule has 0 radical (unpaired) electrons. The monoisotopic (exact) mass is 452 g/mol. The molecule has 0 atom stereocenters. The van der Waals surface area contributed by atoms with Crippen LogP contribution in [0, 0.1) is 5.82 Å². The average molecular weight is 453 g/mol. The summed E-state index contributed by atoms with van der Waals surface area (Å²) in [5.74, 6) is -0.278. The van der Waals surface area contributed by atoms with E-state index in [-0.39, 0.29) is 29.8 Å². The highest BCUT2D eigenvalue weighted by molar-refractivity contribution is 7.20. The van der Waals surface area contributed by atoms with Gasteiger partial charge in [0.05, 0.1) is 27.4 Å². The number of para-hydroxylation sites is 1. The van der Waals surface area contributed by atoms with E-state index in [1.165, 1.54) is 34.4 Å². The predicted molar refractivity (Wildman–Crippen MR) is 120 cm³/mol. The minimum absolute atomic E-state index is 0.0129. The molecule has 164 valence electrons. The van der Waals surface area contributed by atoms with Crippen LogP contribution in [0.25, 0.3) is 21.1 Å². The fourth-order valence-corrected chi connectivity index (χ4v) is 4.84. The van der Waals surface area contributed by atoms with Crippen LogP contribution in [0.3, 0.4) is 0 Å². The van der Waals surface area contributed by atoms with Crippen molar-refractivity contribution < 1.29 is 13.9 Å². The van der Waals surface area contributed by atoms with Gasteiger partial charge >= 0.3 is 0 Å². The molecule has 3 heterocycles. The van der Waals surface area contributed by atoms with Gasteiger partial charge in [-0.15, -0.1) is 0 Å². The number of ether oxygens (including phenoxy) is 1. The number of carbonyl (C=O) groups is 1. The van der Waals surface area contributed by atoms with Crippen LogP contribution in [0.1, 0.15) is 19.3 Å². The number of fused-ring (bicyclic) bond motifs is 2. The van der Waals surface area contributed by atoms with Gasteiger partial charge in [0, 0.05) is 38.9 Å². The molecular formula is C23H21FN4O3S. The molecule has 1 amide bonds. The zero-order valence-electron chi connectivity index (χ0n) is 17.2. The molecule has 2 aromatic carbocycles. The maximum atomic E-state index is 13.4. The van der Waals surface area contributed by atoms with Gasteiger partial charge < -0.3 is 9.64 Å². The Bertz CT molecular complexity index is 1340. The summed E-state index contributed by atoms with van der Waals surface area (Å²) in [5.41, 5.74) is 1.24. The minimum Gasteiger partial charge on any atom is -0.467 e. The number of carbonyl (C=O) groups excluding carboxylic acids is 1. The second-order valence-corrected chi connectivity index (χ2v) is 8.79. The van der Waals surface area contributed by atoms with Crippen molar-refractivity contribution in [3.63, 3.8) is 0 Å². The molecule has 2 aromatic heterocycles. The summed E-state index contributed by atoms with van der Waals surface area (Å²) >= 11 is 1.33. The second kappa shape index (κ2) is 8.66. The van der Waals surface area contributed by atoms with E-state index >= 15 is 0 Å². The van der Waals surface area contributed by atoms with E-state index in [0.717, 1.165) is 10.2 Å². The summed E-state index contributed by atoms with van der Waals surface area (Å²) in [4.78, 5) is 35.8. The maximum Gasteiger partial charge on any atom is 0.274 e. The summed E-state index contributed by atoms with van der Waals surface area (Å²) in [7, 11) is 0. The molecule has 0 unspecified atom stereocenters. The molecule has 1 aliphatic rings. The first kappa shape index (κ1) is 20.6. The van der Waals surface area contributed by atoms with E-state index in [1.54, 1.807) is 24.3 Å². The maximum absolute atomic E-state index is 13.4. The Morgan fingerprint density at radius 1 is 1.16 bits per heavy atom. The van der Waals surface area contributed by atoms with E-state index in [2.05, 4.69) is 9.97 Å². The zero-order valence-corrected chi connectivity index (χ0v) is 18.1. The molecule has 7 nitrogen and oxygen atoms in total. The van der Waals surface area contributed by atoms with Gasteiger partial charge in [0.25, 0.3) is 10.8 Å². The standard InChI is InChI=1S/C23H21FN4O3S/c24-15-5-6-19-20(13-15)32-23(26-19)31-16-7-10-27(11-8-16)21(29)9-12-28-14-25-18-4-2-1-3-17(18)22(28)30/h1-6,13-14,16H,7-12H2. The molecule has 32 heavy (non-hydrogen) atoms. The number of likely N-dealkylation sites (tertiary alicyclic amines) is 1. The number of hydrogen-bond acceptors (Lipinski definition) is 6. The summed E-state index contributed by atoms with van der Waals surface area (Å²) in [6.07, 6.45) is 3.12. The lowest BCUT2D eigenvalue weighted by Gasteiger charge is -2.31. The van der Waals surface area contributed by atoms with Crippen molar-refractivity contribution in [3.05, 3.63) is 65.0 Å². The van der Waals surface area contributed by atoms with Gasteiger partial charge in [0.2, 0.25) is 5.91 Å². The van der Waals surface area contributed by atoms with Crippen LogP contribution in [-0.2, 0) is 11.3 Å². The lowest BCUT2D eigenvalue weighted by molar-refractivity contribution is -0.133. The lowest BCUT2D eigenvalue weighted by Crippen LogP contribution is -2.42. The van der Waals surface area contributed by atoms with Crippen molar-refractivity contribution in [2.75, 3.05) is 13.1 Å². The van der Waals surface area contributed by atoms with Gasteiger partial charge in [-0.25, -0.2) is 14.4 Å². The molecule has 0 bridgehead atoms. The van der Waals surface area contributed by atoms with Crippen LogP contribution in [0.5, 0.6) is 5.19 Å². The SMILES string of the molecule is O=C(CCn1cnc2ccccc2c1=O)N1CCC(Oc2nc3ccc(F)cc3s2)CC1. The molecule has 5 rings (SSSR count). The van der Waals surface area contributed by atoms with Crippen LogP contribution in [0.15, 0.2) is 53.6 Å². The summed E-state index contributed by atoms with van der Waals surface area (Å²) < 4.78 is 21.6. The first-order chi connectivity index (χ1) is 15.6. The van der Waals surface area contributed by atoms with Gasteiger partial charge in [0.1, 0.15) is 11.9 Å². The van der Waals surface area contributed by atoms with Crippen LogP contribution >= 0.6 is 11.3 Å². The fraction of sp³-hybridized carbons (Fsp3) is 0.304. The first-order valence-corrected chi connectivity index (χ1v) is 11.3. The normalized spacial score (nSPS) is 14.8. The van der Waals surface area contributed by atoms with Gasteiger partial charge in [-0.3, -0.25) is 14.2 Å². The Hall–Kier alpha value is -3.33. The number of amides is 1. The van der Waals surface area contributed by atoms with Crippen molar-refractivity contribution in [2.24, 2.45) is 0 Å². The summed E-state index contributed by atoms with van der Waals surface area (Å²) in [6.45, 7) is 1.48. The van der Waals surface area contributed by atoms with Crippen molar-refractivity contribution in [1.29, 1.82) is 0 Å².